The SMILES string of the molecule is CC(Cl)CCCNC(=O)C1OCCC1C. The van der Waals surface area contributed by atoms with Crippen LogP contribution in [0.25, 0.3) is 0 Å². The van der Waals surface area contributed by atoms with Crippen LogP contribution in [-0.2, 0) is 9.53 Å². The van der Waals surface area contributed by atoms with Gasteiger partial charge in [0.15, 0.2) is 0 Å². The van der Waals surface area contributed by atoms with Crippen molar-refractivity contribution in [3.8, 4) is 0 Å². The Morgan fingerprint density at radius 3 is 2.93 bits per heavy atom. The fraction of sp³-hybridized carbons (Fsp3) is 0.909. The van der Waals surface area contributed by atoms with Crippen molar-refractivity contribution in [2.45, 2.75) is 44.6 Å². The van der Waals surface area contributed by atoms with Crippen LogP contribution in [0.3, 0.4) is 0 Å². The Hall–Kier alpha value is -0.280. The van der Waals surface area contributed by atoms with Gasteiger partial charge in [0.05, 0.1) is 0 Å². The van der Waals surface area contributed by atoms with E-state index < -0.39 is 0 Å². The molecule has 0 saturated carbocycles. The van der Waals surface area contributed by atoms with Crippen LogP contribution in [0.1, 0.15) is 33.1 Å². The largest absolute Gasteiger partial charge is 0.368 e. The van der Waals surface area contributed by atoms with Crippen LogP contribution in [0.2, 0.25) is 0 Å². The molecule has 3 atom stereocenters. The molecule has 0 aliphatic carbocycles. The van der Waals surface area contributed by atoms with Crippen LogP contribution in [0.5, 0.6) is 0 Å². The lowest BCUT2D eigenvalue weighted by Gasteiger charge is -2.14. The molecule has 15 heavy (non-hydrogen) atoms. The number of carbonyl (C=O) groups excluding carboxylic acids is 1. The van der Waals surface area contributed by atoms with E-state index in [4.69, 9.17) is 16.3 Å². The average Bonchev–Trinajstić information content (AvgIpc) is 2.58. The minimum absolute atomic E-state index is 0.0298. The molecule has 4 heteroatoms. The number of carbonyl (C=O) groups is 1. The normalized spacial score (nSPS) is 27.7. The molecule has 3 unspecified atom stereocenters. The van der Waals surface area contributed by atoms with E-state index in [9.17, 15) is 4.79 Å². The third kappa shape index (κ3) is 4.39. The third-order valence-corrected chi connectivity index (χ3v) is 2.94. The van der Waals surface area contributed by atoms with Crippen molar-refractivity contribution in [2.75, 3.05) is 13.2 Å². The molecule has 3 nitrogen and oxygen atoms in total. The molecule has 1 aliphatic rings. The maximum Gasteiger partial charge on any atom is 0.249 e. The first-order valence-corrected chi connectivity index (χ1v) is 6.08. The van der Waals surface area contributed by atoms with Crippen molar-refractivity contribution in [1.82, 2.24) is 5.32 Å². The molecule has 0 aromatic rings. The second-order valence-electron chi connectivity index (χ2n) is 4.27. The fourth-order valence-electron chi connectivity index (χ4n) is 1.73. The quantitative estimate of drug-likeness (QED) is 0.582. The van der Waals surface area contributed by atoms with Crippen LogP contribution < -0.4 is 5.32 Å². The summed E-state index contributed by atoms with van der Waals surface area (Å²) in [6.45, 7) is 5.42. The standard InChI is InChI=1S/C11H20ClNO2/c1-8-5-7-15-10(8)11(14)13-6-3-4-9(2)12/h8-10H,3-7H2,1-2H3,(H,13,14). The number of amides is 1. The number of ether oxygens (including phenoxy) is 1. The van der Waals surface area contributed by atoms with Gasteiger partial charge < -0.3 is 10.1 Å². The maximum absolute atomic E-state index is 11.6. The van der Waals surface area contributed by atoms with Crippen molar-refractivity contribution in [3.05, 3.63) is 0 Å². The topological polar surface area (TPSA) is 38.3 Å². The average molecular weight is 234 g/mol. The highest BCUT2D eigenvalue weighted by molar-refractivity contribution is 6.20. The summed E-state index contributed by atoms with van der Waals surface area (Å²) in [6, 6.07) is 0. The molecular formula is C11H20ClNO2. The third-order valence-electron chi connectivity index (χ3n) is 2.72. The molecule has 1 rings (SSSR count). The minimum Gasteiger partial charge on any atom is -0.368 e. The molecule has 88 valence electrons. The Bertz CT molecular complexity index is 209. The van der Waals surface area contributed by atoms with E-state index in [2.05, 4.69) is 12.2 Å². The van der Waals surface area contributed by atoms with Crippen molar-refractivity contribution >= 4 is 17.5 Å². The van der Waals surface area contributed by atoms with Crippen molar-refractivity contribution in [3.63, 3.8) is 0 Å². The van der Waals surface area contributed by atoms with E-state index in [1.807, 2.05) is 6.92 Å². The van der Waals surface area contributed by atoms with Gasteiger partial charge in [-0.15, -0.1) is 11.6 Å². The zero-order valence-corrected chi connectivity index (χ0v) is 10.2. The Balaban J connectivity index is 2.13. The van der Waals surface area contributed by atoms with Crippen LogP contribution in [-0.4, -0.2) is 30.5 Å². The second-order valence-corrected chi connectivity index (χ2v) is 5.02. The number of rotatable bonds is 5. The highest BCUT2D eigenvalue weighted by Gasteiger charge is 2.30. The van der Waals surface area contributed by atoms with Gasteiger partial charge in [0.25, 0.3) is 0 Å². The first-order chi connectivity index (χ1) is 7.11. The van der Waals surface area contributed by atoms with Crippen LogP contribution >= 0.6 is 11.6 Å². The fourth-order valence-corrected chi connectivity index (χ4v) is 1.88. The van der Waals surface area contributed by atoms with E-state index in [-0.39, 0.29) is 17.4 Å². The molecule has 0 spiro atoms. The summed E-state index contributed by atoms with van der Waals surface area (Å²) in [5.74, 6) is 0.374. The lowest BCUT2D eigenvalue weighted by Crippen LogP contribution is -2.37. The van der Waals surface area contributed by atoms with Crippen molar-refractivity contribution in [1.29, 1.82) is 0 Å². The summed E-state index contributed by atoms with van der Waals surface area (Å²) in [5.41, 5.74) is 0. The van der Waals surface area contributed by atoms with E-state index in [0.29, 0.717) is 19.1 Å². The summed E-state index contributed by atoms with van der Waals surface area (Å²) in [5, 5.41) is 3.07. The maximum atomic E-state index is 11.6. The Labute approximate surface area is 96.5 Å². The number of halogens is 1. The highest BCUT2D eigenvalue weighted by atomic mass is 35.5. The molecular weight excluding hydrogens is 214 g/mol. The molecule has 0 radical (unpaired) electrons. The van der Waals surface area contributed by atoms with E-state index in [0.717, 1.165) is 19.3 Å². The molecule has 0 aromatic heterocycles. The molecule has 1 saturated heterocycles. The lowest BCUT2D eigenvalue weighted by atomic mass is 10.0. The van der Waals surface area contributed by atoms with Gasteiger partial charge in [0.2, 0.25) is 5.91 Å². The summed E-state index contributed by atoms with van der Waals surface area (Å²) >= 11 is 5.81. The monoisotopic (exact) mass is 233 g/mol. The first kappa shape index (κ1) is 12.8. The predicted octanol–water partition coefficient (Wildman–Crippen LogP) is 1.94. The second kappa shape index (κ2) is 6.33. The molecule has 1 heterocycles. The summed E-state index contributed by atoms with van der Waals surface area (Å²) in [7, 11) is 0. The summed E-state index contributed by atoms with van der Waals surface area (Å²) < 4.78 is 5.37. The Morgan fingerprint density at radius 1 is 1.67 bits per heavy atom. The zero-order chi connectivity index (χ0) is 11.3. The van der Waals surface area contributed by atoms with Crippen molar-refractivity contribution < 1.29 is 9.53 Å². The summed E-state index contributed by atoms with van der Waals surface area (Å²) in [6.07, 6.45) is 2.61. The van der Waals surface area contributed by atoms with Gasteiger partial charge in [0, 0.05) is 18.5 Å². The van der Waals surface area contributed by atoms with E-state index in [1.54, 1.807) is 0 Å². The van der Waals surface area contributed by atoms with Gasteiger partial charge in [-0.05, 0) is 32.1 Å². The van der Waals surface area contributed by atoms with Crippen LogP contribution in [0, 0.1) is 5.92 Å². The molecule has 0 bridgehead atoms. The number of nitrogens with one attached hydrogen (secondary N) is 1. The number of alkyl halides is 1. The predicted molar refractivity (Wildman–Crippen MR) is 61.1 cm³/mol. The Kier molecular flexibility index (Phi) is 5.40. The molecule has 1 N–H and O–H groups in total. The zero-order valence-electron chi connectivity index (χ0n) is 9.46. The highest BCUT2D eigenvalue weighted by Crippen LogP contribution is 2.19. The van der Waals surface area contributed by atoms with Gasteiger partial charge in [-0.1, -0.05) is 6.92 Å². The van der Waals surface area contributed by atoms with Gasteiger partial charge >= 0.3 is 0 Å². The molecule has 1 fully saturated rings. The van der Waals surface area contributed by atoms with Crippen LogP contribution in [0.15, 0.2) is 0 Å². The van der Waals surface area contributed by atoms with E-state index in [1.165, 1.54) is 0 Å². The van der Waals surface area contributed by atoms with Gasteiger partial charge in [0.1, 0.15) is 6.10 Å². The molecule has 1 aliphatic heterocycles. The van der Waals surface area contributed by atoms with Gasteiger partial charge in [-0.25, -0.2) is 0 Å². The minimum atomic E-state index is -0.238. The van der Waals surface area contributed by atoms with E-state index >= 15 is 0 Å². The van der Waals surface area contributed by atoms with Crippen molar-refractivity contribution in [2.24, 2.45) is 5.92 Å². The summed E-state index contributed by atoms with van der Waals surface area (Å²) in [4.78, 5) is 11.6. The molecule has 1 amide bonds. The smallest absolute Gasteiger partial charge is 0.249 e. The van der Waals surface area contributed by atoms with Gasteiger partial charge in [-0.3, -0.25) is 4.79 Å². The first-order valence-electron chi connectivity index (χ1n) is 5.64. The number of hydrogen-bond donors (Lipinski definition) is 1. The van der Waals surface area contributed by atoms with Gasteiger partial charge in [-0.2, -0.15) is 0 Å². The lowest BCUT2D eigenvalue weighted by molar-refractivity contribution is -0.131. The Morgan fingerprint density at radius 2 is 2.40 bits per heavy atom. The molecule has 0 aromatic carbocycles. The number of hydrogen-bond acceptors (Lipinski definition) is 2. The van der Waals surface area contributed by atoms with Crippen LogP contribution in [0.4, 0.5) is 0 Å².